The molecular formula is C36H33ClN4O5S. The van der Waals surface area contributed by atoms with Crippen molar-refractivity contribution in [2.45, 2.75) is 45.6 Å². The van der Waals surface area contributed by atoms with E-state index >= 15 is 0 Å². The van der Waals surface area contributed by atoms with Crippen LogP contribution in [0.5, 0.6) is 5.75 Å². The Morgan fingerprint density at radius 2 is 1.72 bits per heavy atom. The summed E-state index contributed by atoms with van der Waals surface area (Å²) in [7, 11) is 0. The van der Waals surface area contributed by atoms with Gasteiger partial charge in [-0.2, -0.15) is 0 Å². The average Bonchev–Trinajstić information content (AvgIpc) is 3.79. The van der Waals surface area contributed by atoms with Gasteiger partial charge in [-0.1, -0.05) is 6.07 Å². The zero-order chi connectivity index (χ0) is 33.2. The molecular weight excluding hydrogens is 636 g/mol. The number of ether oxygens (including phenoxy) is 1. The maximum absolute atomic E-state index is 13.9. The number of thiophene rings is 1. The molecule has 0 unspecified atom stereocenters. The fraction of sp³-hybridized carbons (Fsp3) is 0.250. The van der Waals surface area contributed by atoms with Gasteiger partial charge in [0, 0.05) is 63.7 Å². The third-order valence-corrected chi connectivity index (χ3v) is 9.90. The number of anilines is 2. The number of aromatic hydroxyl groups is 1. The van der Waals surface area contributed by atoms with E-state index in [1.165, 1.54) is 11.3 Å². The molecule has 1 atom stereocenters. The van der Waals surface area contributed by atoms with Crippen LogP contribution in [-0.2, 0) is 11.2 Å². The Hall–Kier alpha value is -4.80. The van der Waals surface area contributed by atoms with E-state index in [1.807, 2.05) is 36.6 Å². The van der Waals surface area contributed by atoms with E-state index in [0.717, 1.165) is 48.6 Å². The third-order valence-electron chi connectivity index (χ3n) is 8.41. The normalized spacial score (nSPS) is 14.7. The van der Waals surface area contributed by atoms with E-state index in [0.29, 0.717) is 35.2 Å². The molecule has 6 aromatic rings. The molecule has 4 N–H and O–H groups in total. The number of hydrogen-bond donors (Lipinski definition) is 4. The number of amides is 2. The second-order valence-corrected chi connectivity index (χ2v) is 14.2. The fourth-order valence-corrected chi connectivity index (χ4v) is 7.58. The predicted octanol–water partition coefficient (Wildman–Crippen LogP) is 8.63. The van der Waals surface area contributed by atoms with Gasteiger partial charge in [0.2, 0.25) is 0 Å². The molecule has 0 fully saturated rings. The van der Waals surface area contributed by atoms with Gasteiger partial charge in [0.15, 0.2) is 5.78 Å². The molecule has 4 heterocycles. The van der Waals surface area contributed by atoms with E-state index in [1.54, 1.807) is 56.0 Å². The minimum Gasteiger partial charge on any atom is -0.506 e. The van der Waals surface area contributed by atoms with Crippen molar-refractivity contribution in [1.29, 1.82) is 0 Å². The first-order valence-corrected chi connectivity index (χ1v) is 16.7. The number of nitrogens with one attached hydrogen (secondary N) is 3. The minimum atomic E-state index is -0.613. The Morgan fingerprint density at radius 1 is 1.02 bits per heavy atom. The largest absolute Gasteiger partial charge is 0.506 e. The van der Waals surface area contributed by atoms with Gasteiger partial charge in [0.05, 0.1) is 16.1 Å². The van der Waals surface area contributed by atoms with Gasteiger partial charge < -0.3 is 24.7 Å². The highest BCUT2D eigenvalue weighted by Crippen LogP contribution is 2.48. The van der Waals surface area contributed by atoms with Crippen molar-refractivity contribution in [2.75, 3.05) is 22.6 Å². The molecule has 0 saturated heterocycles. The van der Waals surface area contributed by atoms with Crippen molar-refractivity contribution in [3.63, 3.8) is 0 Å². The molecule has 0 radical (unpaired) electrons. The van der Waals surface area contributed by atoms with Crippen LogP contribution in [-0.4, -0.2) is 50.9 Å². The smallest absolute Gasteiger partial charge is 0.412 e. The van der Waals surface area contributed by atoms with E-state index in [-0.39, 0.29) is 29.8 Å². The highest BCUT2D eigenvalue weighted by molar-refractivity contribution is 7.17. The molecule has 47 heavy (non-hydrogen) atoms. The van der Waals surface area contributed by atoms with Gasteiger partial charge >= 0.3 is 6.09 Å². The lowest BCUT2D eigenvalue weighted by Gasteiger charge is -2.19. The number of H-pyrrole nitrogens is 2. The van der Waals surface area contributed by atoms with Crippen molar-refractivity contribution < 1.29 is 24.2 Å². The Morgan fingerprint density at radius 3 is 2.47 bits per heavy atom. The lowest BCUT2D eigenvalue weighted by Crippen LogP contribution is -2.30. The highest BCUT2D eigenvalue weighted by Gasteiger charge is 2.36. The Kier molecular flexibility index (Phi) is 7.52. The number of phenols is 1. The summed E-state index contributed by atoms with van der Waals surface area (Å²) >= 11 is 7.88. The molecule has 0 bridgehead atoms. The Balaban J connectivity index is 1.10. The van der Waals surface area contributed by atoms with Gasteiger partial charge in [-0.05, 0) is 92.2 Å². The van der Waals surface area contributed by atoms with Crippen molar-refractivity contribution in [2.24, 2.45) is 0 Å². The maximum Gasteiger partial charge on any atom is 0.412 e. The van der Waals surface area contributed by atoms with Crippen LogP contribution in [0, 0.1) is 6.92 Å². The van der Waals surface area contributed by atoms with E-state index in [2.05, 4.69) is 15.3 Å². The van der Waals surface area contributed by atoms with Gasteiger partial charge in [0.25, 0.3) is 5.91 Å². The number of aromatic amines is 2. The number of rotatable bonds is 6. The number of phenolic OH excluding ortho intramolecular Hbond substituents is 1. The monoisotopic (exact) mass is 668 g/mol. The summed E-state index contributed by atoms with van der Waals surface area (Å²) in [6.07, 6.45) is -0.389. The first-order chi connectivity index (χ1) is 22.4. The Labute approximate surface area is 279 Å². The molecule has 11 heteroatoms. The van der Waals surface area contributed by atoms with Crippen LogP contribution >= 0.6 is 22.9 Å². The quantitative estimate of drug-likeness (QED) is 0.104. The van der Waals surface area contributed by atoms with Crippen LogP contribution in [0.2, 0.25) is 0 Å². The number of alkyl halides is 1. The molecule has 1 aliphatic heterocycles. The van der Waals surface area contributed by atoms with E-state index < -0.39 is 11.7 Å². The number of benzene rings is 3. The number of nitrogens with zero attached hydrogens (tertiary/aromatic N) is 1. The van der Waals surface area contributed by atoms with E-state index in [4.69, 9.17) is 16.3 Å². The summed E-state index contributed by atoms with van der Waals surface area (Å²) in [5.41, 5.74) is 5.93. The highest BCUT2D eigenvalue weighted by atomic mass is 35.5. The molecule has 1 aliphatic rings. The standard InChI is InChI=1S/C36H33ClN4O5S/c1-18-17-47-33-30(43)14-28-32(31(18)33)22(15-37)16-41(28)34(44)27-13-20-9-19(5-7-24(20)40-27)10-29(42)26-12-21-11-23(6-8-25(21)39-26)38-35(45)46-36(2,3)4/h5-9,11-14,17,22,39-40,43H,10,15-16H2,1-4H3,(H,38,45)/t22-/m1/s1. The van der Waals surface area contributed by atoms with Crippen molar-refractivity contribution in [3.8, 4) is 5.75 Å². The zero-order valence-electron chi connectivity index (χ0n) is 26.3. The zero-order valence-corrected chi connectivity index (χ0v) is 27.9. The van der Waals surface area contributed by atoms with E-state index in [9.17, 15) is 19.5 Å². The number of aromatic nitrogens is 2. The lowest BCUT2D eigenvalue weighted by molar-refractivity contribution is 0.0635. The topological polar surface area (TPSA) is 128 Å². The number of ketones is 1. The van der Waals surface area contributed by atoms with Gasteiger partial charge in [-0.15, -0.1) is 22.9 Å². The number of fused-ring (bicyclic) bond motifs is 5. The van der Waals surface area contributed by atoms with Crippen molar-refractivity contribution in [3.05, 3.63) is 88.1 Å². The summed E-state index contributed by atoms with van der Waals surface area (Å²) in [4.78, 5) is 47.5. The summed E-state index contributed by atoms with van der Waals surface area (Å²) in [5, 5.41) is 18.1. The SMILES string of the molecule is Cc1csc2c(O)cc3c(c12)[C@H](CCl)CN3C(=O)c1cc2cc(CC(=O)c3cc4cc(NC(=O)OC(C)(C)C)ccc4[nH]3)ccc2[nH]1. The van der Waals surface area contributed by atoms with Crippen LogP contribution in [0.15, 0.2) is 60.0 Å². The molecule has 0 spiro atoms. The maximum atomic E-state index is 13.9. The predicted molar refractivity (Wildman–Crippen MR) is 188 cm³/mol. The molecule has 240 valence electrons. The number of carbonyl (C=O) groups excluding carboxylic acids is 3. The molecule has 3 aromatic heterocycles. The van der Waals surface area contributed by atoms with Crippen molar-refractivity contribution >= 4 is 84.0 Å². The summed E-state index contributed by atoms with van der Waals surface area (Å²) in [6.45, 7) is 7.82. The third kappa shape index (κ3) is 5.72. The number of Topliss-reactive ketones (excluding diaryl/α,β-unsaturated/α-hetero) is 1. The number of carbonyl (C=O) groups is 3. The van der Waals surface area contributed by atoms with Crippen LogP contribution in [0.1, 0.15) is 64.4 Å². The van der Waals surface area contributed by atoms with Crippen LogP contribution in [0.3, 0.4) is 0 Å². The summed E-state index contributed by atoms with van der Waals surface area (Å²) < 4.78 is 6.14. The summed E-state index contributed by atoms with van der Waals surface area (Å²) in [6, 6.07) is 16.3. The number of aryl methyl sites for hydroxylation is 1. The van der Waals surface area contributed by atoms with Gasteiger partial charge in [-0.3, -0.25) is 14.9 Å². The minimum absolute atomic E-state index is 0.0496. The second kappa shape index (κ2) is 11.5. The molecule has 0 saturated carbocycles. The number of halogens is 1. The van der Waals surface area contributed by atoms with Crippen LogP contribution < -0.4 is 10.2 Å². The van der Waals surface area contributed by atoms with Crippen molar-refractivity contribution in [1.82, 2.24) is 9.97 Å². The fourth-order valence-electron chi connectivity index (χ4n) is 6.35. The summed E-state index contributed by atoms with van der Waals surface area (Å²) in [5.74, 6) is 0.161. The molecule has 2 amide bonds. The first-order valence-electron chi connectivity index (χ1n) is 15.3. The number of hydrogen-bond acceptors (Lipinski definition) is 6. The molecule has 3 aromatic carbocycles. The average molecular weight is 669 g/mol. The first kappa shape index (κ1) is 30.8. The second-order valence-electron chi connectivity index (χ2n) is 13.0. The van der Waals surface area contributed by atoms with Gasteiger partial charge in [-0.25, -0.2) is 4.79 Å². The molecule has 0 aliphatic carbocycles. The lowest BCUT2D eigenvalue weighted by atomic mass is 9.97. The Bertz CT molecular complexity index is 2240. The molecule has 9 nitrogen and oxygen atoms in total. The van der Waals surface area contributed by atoms with Crippen LogP contribution in [0.4, 0.5) is 16.2 Å². The van der Waals surface area contributed by atoms with Gasteiger partial charge in [0.1, 0.15) is 17.0 Å². The molecule has 7 rings (SSSR count). The van der Waals surface area contributed by atoms with Crippen LogP contribution in [0.25, 0.3) is 31.9 Å².